The zero-order valence-electron chi connectivity index (χ0n) is 10.9. The van der Waals surface area contributed by atoms with Gasteiger partial charge in [-0.1, -0.05) is 18.6 Å². The van der Waals surface area contributed by atoms with Crippen molar-refractivity contribution in [2.75, 3.05) is 13.2 Å². The van der Waals surface area contributed by atoms with Crippen molar-refractivity contribution in [3.05, 3.63) is 35.6 Å². The number of aliphatic hydroxyl groups excluding tert-OH is 1. The first-order chi connectivity index (χ1) is 8.70. The van der Waals surface area contributed by atoms with E-state index < -0.39 is 0 Å². The van der Waals surface area contributed by atoms with Gasteiger partial charge in [-0.2, -0.15) is 0 Å². The molecule has 0 heterocycles. The fourth-order valence-corrected chi connectivity index (χ4v) is 2.84. The average Bonchev–Trinajstić information content (AvgIpc) is 2.83. The molecule has 3 heteroatoms. The van der Waals surface area contributed by atoms with E-state index in [1.807, 2.05) is 6.07 Å². The Bertz CT molecular complexity index is 383. The minimum absolute atomic E-state index is 0.153. The Hall–Kier alpha value is -0.930. The van der Waals surface area contributed by atoms with Crippen LogP contribution in [0.5, 0.6) is 0 Å². The van der Waals surface area contributed by atoms with Gasteiger partial charge in [-0.3, -0.25) is 0 Å². The monoisotopic (exact) mass is 251 g/mol. The quantitative estimate of drug-likeness (QED) is 0.843. The lowest BCUT2D eigenvalue weighted by Crippen LogP contribution is -2.28. The summed E-state index contributed by atoms with van der Waals surface area (Å²) in [5.41, 5.74) is 0.980. The van der Waals surface area contributed by atoms with Gasteiger partial charge in [0.15, 0.2) is 0 Å². The van der Waals surface area contributed by atoms with Crippen molar-refractivity contribution in [3.8, 4) is 0 Å². The topological polar surface area (TPSA) is 32.3 Å². The third-order valence-corrected chi connectivity index (χ3v) is 4.09. The molecule has 3 unspecified atom stereocenters. The summed E-state index contributed by atoms with van der Waals surface area (Å²) in [5, 5.41) is 12.7. The molecular weight excluding hydrogens is 229 g/mol. The van der Waals surface area contributed by atoms with Crippen molar-refractivity contribution in [3.63, 3.8) is 0 Å². The highest BCUT2D eigenvalue weighted by atomic mass is 19.1. The van der Waals surface area contributed by atoms with E-state index in [9.17, 15) is 9.50 Å². The third kappa shape index (κ3) is 3.30. The highest BCUT2D eigenvalue weighted by molar-refractivity contribution is 5.19. The number of halogens is 1. The van der Waals surface area contributed by atoms with Crippen molar-refractivity contribution < 1.29 is 9.50 Å². The Kier molecular flexibility index (Phi) is 4.72. The molecular formula is C15H22FNO. The van der Waals surface area contributed by atoms with Crippen LogP contribution in [0, 0.1) is 17.7 Å². The molecule has 3 atom stereocenters. The van der Waals surface area contributed by atoms with Crippen LogP contribution in [0.2, 0.25) is 0 Å². The SMILES string of the molecule is CC(NCC1CCCC1CO)c1cccc(F)c1. The molecule has 1 saturated carbocycles. The van der Waals surface area contributed by atoms with E-state index in [-0.39, 0.29) is 11.9 Å². The van der Waals surface area contributed by atoms with Crippen molar-refractivity contribution in [2.45, 2.75) is 32.2 Å². The van der Waals surface area contributed by atoms with E-state index in [1.165, 1.54) is 18.9 Å². The van der Waals surface area contributed by atoms with Crippen LogP contribution in [0.1, 0.15) is 37.8 Å². The molecule has 1 aliphatic rings. The normalized spacial score (nSPS) is 25.3. The van der Waals surface area contributed by atoms with Crippen LogP contribution in [-0.2, 0) is 0 Å². The maximum absolute atomic E-state index is 13.1. The van der Waals surface area contributed by atoms with E-state index in [0.717, 1.165) is 18.5 Å². The van der Waals surface area contributed by atoms with Crippen LogP contribution in [-0.4, -0.2) is 18.3 Å². The van der Waals surface area contributed by atoms with Crippen LogP contribution < -0.4 is 5.32 Å². The second-order valence-corrected chi connectivity index (χ2v) is 5.32. The van der Waals surface area contributed by atoms with Gasteiger partial charge in [0.25, 0.3) is 0 Å². The molecule has 2 N–H and O–H groups in total. The van der Waals surface area contributed by atoms with E-state index >= 15 is 0 Å². The molecule has 1 fully saturated rings. The van der Waals surface area contributed by atoms with Gasteiger partial charge < -0.3 is 10.4 Å². The second kappa shape index (κ2) is 6.30. The zero-order chi connectivity index (χ0) is 13.0. The standard InChI is InChI=1S/C15H22FNO/c1-11(12-4-3-7-15(16)8-12)17-9-13-5-2-6-14(13)10-18/h3-4,7-8,11,13-14,17-18H,2,5-6,9-10H2,1H3. The number of nitrogens with one attached hydrogen (secondary N) is 1. The van der Waals surface area contributed by atoms with E-state index in [4.69, 9.17) is 0 Å². The molecule has 0 aliphatic heterocycles. The predicted molar refractivity (Wildman–Crippen MR) is 70.7 cm³/mol. The van der Waals surface area contributed by atoms with E-state index in [1.54, 1.807) is 12.1 Å². The second-order valence-electron chi connectivity index (χ2n) is 5.32. The van der Waals surface area contributed by atoms with Gasteiger partial charge in [-0.25, -0.2) is 4.39 Å². The zero-order valence-corrected chi connectivity index (χ0v) is 10.9. The maximum Gasteiger partial charge on any atom is 0.123 e. The third-order valence-electron chi connectivity index (χ3n) is 4.09. The van der Waals surface area contributed by atoms with Crippen molar-refractivity contribution in [1.82, 2.24) is 5.32 Å². The lowest BCUT2D eigenvalue weighted by molar-refractivity contribution is 0.190. The Morgan fingerprint density at radius 3 is 2.89 bits per heavy atom. The van der Waals surface area contributed by atoms with Crippen molar-refractivity contribution in [2.24, 2.45) is 11.8 Å². The number of hydrogen-bond acceptors (Lipinski definition) is 2. The summed E-state index contributed by atoms with van der Waals surface area (Å²) in [7, 11) is 0. The van der Waals surface area contributed by atoms with Crippen LogP contribution in [0.4, 0.5) is 4.39 Å². The van der Waals surface area contributed by atoms with Crippen molar-refractivity contribution in [1.29, 1.82) is 0 Å². The van der Waals surface area contributed by atoms with Gasteiger partial charge in [0.1, 0.15) is 5.82 Å². The van der Waals surface area contributed by atoms with E-state index in [0.29, 0.717) is 18.4 Å². The smallest absolute Gasteiger partial charge is 0.123 e. The average molecular weight is 251 g/mol. The number of aliphatic hydroxyl groups is 1. The summed E-state index contributed by atoms with van der Waals surface area (Å²) >= 11 is 0. The fourth-order valence-electron chi connectivity index (χ4n) is 2.84. The fraction of sp³-hybridized carbons (Fsp3) is 0.600. The Labute approximate surface area is 108 Å². The molecule has 0 bridgehead atoms. The summed E-state index contributed by atoms with van der Waals surface area (Å²) in [4.78, 5) is 0. The summed E-state index contributed by atoms with van der Waals surface area (Å²) in [6, 6.07) is 6.89. The van der Waals surface area contributed by atoms with E-state index in [2.05, 4.69) is 12.2 Å². The van der Waals surface area contributed by atoms with Crippen LogP contribution in [0.25, 0.3) is 0 Å². The van der Waals surface area contributed by atoms with Gasteiger partial charge in [0, 0.05) is 12.6 Å². The first kappa shape index (κ1) is 13.5. The highest BCUT2D eigenvalue weighted by Gasteiger charge is 2.26. The van der Waals surface area contributed by atoms with Gasteiger partial charge in [-0.05, 0) is 55.8 Å². The molecule has 100 valence electrons. The van der Waals surface area contributed by atoms with Gasteiger partial charge in [0.2, 0.25) is 0 Å². The molecule has 1 aromatic carbocycles. The summed E-state index contributed by atoms with van der Waals surface area (Å²) < 4.78 is 13.1. The van der Waals surface area contributed by atoms with Crippen LogP contribution >= 0.6 is 0 Å². The Balaban J connectivity index is 1.86. The molecule has 18 heavy (non-hydrogen) atoms. The lowest BCUT2D eigenvalue weighted by Gasteiger charge is -2.21. The predicted octanol–water partition coefficient (Wildman–Crippen LogP) is 2.88. The molecule has 0 radical (unpaired) electrons. The first-order valence-corrected chi connectivity index (χ1v) is 6.80. The summed E-state index contributed by atoms with van der Waals surface area (Å²) in [6.07, 6.45) is 3.54. The minimum atomic E-state index is -0.185. The van der Waals surface area contributed by atoms with Crippen LogP contribution in [0.15, 0.2) is 24.3 Å². The molecule has 0 saturated heterocycles. The van der Waals surface area contributed by atoms with Crippen molar-refractivity contribution >= 4 is 0 Å². The number of benzene rings is 1. The molecule has 2 nitrogen and oxygen atoms in total. The molecule has 0 spiro atoms. The molecule has 1 aromatic rings. The van der Waals surface area contributed by atoms with Gasteiger partial charge >= 0.3 is 0 Å². The highest BCUT2D eigenvalue weighted by Crippen LogP contribution is 2.31. The Morgan fingerprint density at radius 1 is 1.39 bits per heavy atom. The van der Waals surface area contributed by atoms with Crippen LogP contribution in [0.3, 0.4) is 0 Å². The van der Waals surface area contributed by atoms with Gasteiger partial charge in [0.05, 0.1) is 0 Å². The largest absolute Gasteiger partial charge is 0.396 e. The maximum atomic E-state index is 13.1. The summed E-state index contributed by atoms with van der Waals surface area (Å²) in [5.74, 6) is 0.818. The number of rotatable bonds is 5. The number of hydrogen-bond donors (Lipinski definition) is 2. The lowest BCUT2D eigenvalue weighted by atomic mass is 9.96. The Morgan fingerprint density at radius 2 is 2.17 bits per heavy atom. The molecule has 0 aromatic heterocycles. The summed E-state index contributed by atoms with van der Waals surface area (Å²) in [6.45, 7) is 3.25. The minimum Gasteiger partial charge on any atom is -0.396 e. The molecule has 2 rings (SSSR count). The first-order valence-electron chi connectivity index (χ1n) is 6.80. The van der Waals surface area contributed by atoms with Gasteiger partial charge in [-0.15, -0.1) is 0 Å². The molecule has 1 aliphatic carbocycles. The molecule has 0 amide bonds.